The summed E-state index contributed by atoms with van der Waals surface area (Å²) in [5, 5.41) is 0. The number of anilines is 2. The van der Waals surface area contributed by atoms with Crippen molar-refractivity contribution in [3.05, 3.63) is 130 Å². The molecule has 0 aliphatic heterocycles. The number of unbranched alkanes of at least 4 members (excludes halogenated alkanes) is 5. The van der Waals surface area contributed by atoms with E-state index in [4.69, 9.17) is 11.5 Å². The smallest absolute Gasteiger partial charge is 0.0314 e. The van der Waals surface area contributed by atoms with E-state index in [1.54, 1.807) is 0 Å². The van der Waals surface area contributed by atoms with Crippen molar-refractivity contribution in [2.45, 2.75) is 141 Å². The van der Waals surface area contributed by atoms with Crippen LogP contribution >= 0.6 is 0 Å². The van der Waals surface area contributed by atoms with Gasteiger partial charge in [0.05, 0.1) is 0 Å². The average molecular weight is 671 g/mol. The maximum atomic E-state index is 6.03. The third-order valence-corrected chi connectivity index (χ3v) is 12.0. The van der Waals surface area contributed by atoms with Crippen molar-refractivity contribution >= 4 is 11.4 Å². The average Bonchev–Trinajstić information content (AvgIpc) is 3.16. The number of hydrogen-bond acceptors (Lipinski definition) is 2. The highest BCUT2D eigenvalue weighted by molar-refractivity contribution is 5.45. The number of rotatable bonds is 19. The molecule has 4 N–H and O–H groups in total. The summed E-state index contributed by atoms with van der Waals surface area (Å²) in [6, 6.07) is 36.4. The molecule has 3 unspecified atom stereocenters. The zero-order valence-electron chi connectivity index (χ0n) is 31.6. The van der Waals surface area contributed by atoms with Crippen molar-refractivity contribution in [3.8, 4) is 0 Å². The molecule has 4 aromatic rings. The lowest BCUT2D eigenvalue weighted by molar-refractivity contribution is 0.214. The second kappa shape index (κ2) is 19.8. The SMILES string of the molecule is CCCCCCCCC(CCC(c1ccc(C(CC)c2ccc(N)cc2)cc1)c1ccc(C(CC)c2ccc(N)cc2)cc1)C1CCCCC1. The van der Waals surface area contributed by atoms with E-state index in [1.165, 1.54) is 123 Å². The fraction of sp³-hybridized carbons (Fsp3) is 0.500. The van der Waals surface area contributed by atoms with Gasteiger partial charge in [-0.3, -0.25) is 0 Å². The van der Waals surface area contributed by atoms with E-state index in [9.17, 15) is 0 Å². The predicted octanol–water partition coefficient (Wildman–Crippen LogP) is 13.8. The zero-order chi connectivity index (χ0) is 35.1. The first-order valence-corrected chi connectivity index (χ1v) is 20.4. The highest BCUT2D eigenvalue weighted by Crippen LogP contribution is 2.40. The van der Waals surface area contributed by atoms with Gasteiger partial charge >= 0.3 is 0 Å². The second-order valence-electron chi connectivity index (χ2n) is 15.4. The van der Waals surface area contributed by atoms with E-state index < -0.39 is 0 Å². The normalized spacial score (nSPS) is 16.1. The minimum absolute atomic E-state index is 0.384. The van der Waals surface area contributed by atoms with Gasteiger partial charge in [-0.25, -0.2) is 0 Å². The Hall–Kier alpha value is -3.52. The third kappa shape index (κ3) is 10.5. The topological polar surface area (TPSA) is 52.0 Å². The molecular formula is C48H66N2. The van der Waals surface area contributed by atoms with Gasteiger partial charge in [-0.2, -0.15) is 0 Å². The Morgan fingerprint density at radius 1 is 0.440 bits per heavy atom. The van der Waals surface area contributed by atoms with Crippen LogP contribution in [0.5, 0.6) is 0 Å². The van der Waals surface area contributed by atoms with Crippen LogP contribution in [0.3, 0.4) is 0 Å². The molecular weight excluding hydrogens is 605 g/mol. The summed E-state index contributed by atoms with van der Waals surface area (Å²) in [5.74, 6) is 2.94. The Labute approximate surface area is 305 Å². The standard InChI is InChI=1S/C48H66N2/c1-4-7-8-9-10-12-17-37(36-15-13-11-14-16-36)30-35-48(42-22-18-38(19-23-42)46(5-2)40-26-31-44(49)32-27-40)43-24-20-39(21-25-43)47(6-3)41-28-33-45(50)34-29-41/h18-29,31-34,36-37,46-48H,4-17,30,35,49-50H2,1-3H3. The molecule has 5 rings (SSSR count). The van der Waals surface area contributed by atoms with Crippen LogP contribution in [0, 0.1) is 11.8 Å². The zero-order valence-corrected chi connectivity index (χ0v) is 31.6. The monoisotopic (exact) mass is 671 g/mol. The van der Waals surface area contributed by atoms with Gasteiger partial charge in [0.1, 0.15) is 0 Å². The van der Waals surface area contributed by atoms with E-state index in [0.29, 0.717) is 17.8 Å². The molecule has 0 spiro atoms. The Bertz CT molecular complexity index is 1400. The quantitative estimate of drug-likeness (QED) is 0.0770. The fourth-order valence-corrected chi connectivity index (χ4v) is 9.02. The molecule has 0 aromatic heterocycles. The van der Waals surface area contributed by atoms with Crippen LogP contribution in [-0.4, -0.2) is 0 Å². The molecule has 2 heteroatoms. The van der Waals surface area contributed by atoms with Gasteiger partial charge in [0.25, 0.3) is 0 Å². The molecule has 0 heterocycles. The highest BCUT2D eigenvalue weighted by Gasteiger charge is 2.26. The Balaban J connectivity index is 1.39. The number of hydrogen-bond donors (Lipinski definition) is 2. The van der Waals surface area contributed by atoms with Crippen molar-refractivity contribution in [1.82, 2.24) is 0 Å². The Morgan fingerprint density at radius 2 is 0.820 bits per heavy atom. The Morgan fingerprint density at radius 3 is 1.24 bits per heavy atom. The van der Waals surface area contributed by atoms with Crippen molar-refractivity contribution in [2.24, 2.45) is 11.8 Å². The van der Waals surface area contributed by atoms with Crippen molar-refractivity contribution in [3.63, 3.8) is 0 Å². The maximum absolute atomic E-state index is 6.03. The van der Waals surface area contributed by atoms with Crippen LogP contribution in [0.2, 0.25) is 0 Å². The third-order valence-electron chi connectivity index (χ3n) is 12.0. The van der Waals surface area contributed by atoms with Crippen LogP contribution in [0.4, 0.5) is 11.4 Å². The summed E-state index contributed by atoms with van der Waals surface area (Å²) in [7, 11) is 0. The molecule has 1 aliphatic rings. The maximum Gasteiger partial charge on any atom is 0.0314 e. The molecule has 0 amide bonds. The molecule has 1 saturated carbocycles. The lowest BCUT2D eigenvalue weighted by Crippen LogP contribution is -2.19. The summed E-state index contributed by atoms with van der Waals surface area (Å²) in [6.45, 7) is 6.91. The molecule has 0 saturated heterocycles. The molecule has 4 aromatic carbocycles. The van der Waals surface area contributed by atoms with E-state index in [2.05, 4.69) is 93.6 Å². The van der Waals surface area contributed by atoms with Gasteiger partial charge in [-0.05, 0) is 95.2 Å². The molecule has 50 heavy (non-hydrogen) atoms. The number of benzene rings is 4. The minimum atomic E-state index is 0.384. The minimum Gasteiger partial charge on any atom is -0.399 e. The first-order chi connectivity index (χ1) is 24.5. The number of nitrogen functional groups attached to an aromatic ring is 2. The van der Waals surface area contributed by atoms with Crippen LogP contribution < -0.4 is 11.5 Å². The van der Waals surface area contributed by atoms with Crippen LogP contribution in [0.15, 0.2) is 97.1 Å². The lowest BCUT2D eigenvalue weighted by atomic mass is 9.74. The molecule has 3 atom stereocenters. The molecule has 268 valence electrons. The van der Waals surface area contributed by atoms with E-state index >= 15 is 0 Å². The largest absolute Gasteiger partial charge is 0.399 e. The summed E-state index contributed by atoms with van der Waals surface area (Å²) >= 11 is 0. The van der Waals surface area contributed by atoms with Gasteiger partial charge < -0.3 is 11.5 Å². The fourth-order valence-electron chi connectivity index (χ4n) is 9.02. The highest BCUT2D eigenvalue weighted by atomic mass is 14.5. The van der Waals surface area contributed by atoms with Crippen LogP contribution in [-0.2, 0) is 0 Å². The predicted molar refractivity (Wildman–Crippen MR) is 218 cm³/mol. The summed E-state index contributed by atoms with van der Waals surface area (Å²) in [4.78, 5) is 0. The number of nitrogens with two attached hydrogens (primary N) is 2. The van der Waals surface area contributed by atoms with Gasteiger partial charge in [0.2, 0.25) is 0 Å². The van der Waals surface area contributed by atoms with E-state index in [1.807, 2.05) is 24.3 Å². The molecule has 0 bridgehead atoms. The van der Waals surface area contributed by atoms with Crippen molar-refractivity contribution in [1.29, 1.82) is 0 Å². The molecule has 2 nitrogen and oxygen atoms in total. The molecule has 1 fully saturated rings. The van der Waals surface area contributed by atoms with Crippen LogP contribution in [0.25, 0.3) is 0 Å². The van der Waals surface area contributed by atoms with Crippen LogP contribution in [0.1, 0.15) is 175 Å². The van der Waals surface area contributed by atoms with Gasteiger partial charge in [-0.15, -0.1) is 0 Å². The van der Waals surface area contributed by atoms with E-state index in [0.717, 1.165) is 36.1 Å². The van der Waals surface area contributed by atoms with E-state index in [-0.39, 0.29) is 0 Å². The lowest BCUT2D eigenvalue weighted by Gasteiger charge is -2.32. The van der Waals surface area contributed by atoms with Crippen molar-refractivity contribution in [2.75, 3.05) is 11.5 Å². The first-order valence-electron chi connectivity index (χ1n) is 20.4. The Kier molecular flexibility index (Phi) is 14.9. The second-order valence-corrected chi connectivity index (χ2v) is 15.4. The molecule has 1 aliphatic carbocycles. The summed E-state index contributed by atoms with van der Waals surface area (Å²) < 4.78 is 0. The van der Waals surface area contributed by atoms with Gasteiger partial charge in [0.15, 0.2) is 0 Å². The first kappa shape index (κ1) is 37.7. The summed E-state index contributed by atoms with van der Waals surface area (Å²) in [6.07, 6.45) is 21.7. The van der Waals surface area contributed by atoms with Gasteiger partial charge in [-0.1, -0.05) is 171 Å². The van der Waals surface area contributed by atoms with Gasteiger partial charge in [0, 0.05) is 29.1 Å². The van der Waals surface area contributed by atoms with Crippen molar-refractivity contribution < 1.29 is 0 Å². The molecule has 0 radical (unpaired) electrons. The summed E-state index contributed by atoms with van der Waals surface area (Å²) in [5.41, 5.74) is 22.1.